The van der Waals surface area contributed by atoms with Crippen LogP contribution in [0.2, 0.25) is 0 Å². The highest BCUT2D eigenvalue weighted by Crippen LogP contribution is 2.05. The third-order valence-corrected chi connectivity index (χ3v) is 2.75. The molecule has 0 radical (unpaired) electrons. The van der Waals surface area contributed by atoms with E-state index in [-0.39, 0.29) is 24.6 Å². The van der Waals surface area contributed by atoms with Crippen LogP contribution in [0.4, 0.5) is 5.69 Å². The van der Waals surface area contributed by atoms with Gasteiger partial charge < -0.3 is 20.7 Å². The lowest BCUT2D eigenvalue weighted by molar-refractivity contribution is -0.122. The van der Waals surface area contributed by atoms with Gasteiger partial charge in [0.25, 0.3) is 5.56 Å². The highest BCUT2D eigenvalue weighted by molar-refractivity contribution is 5.75. The first-order valence-electron chi connectivity index (χ1n) is 5.79. The van der Waals surface area contributed by atoms with E-state index in [0.717, 1.165) is 0 Å². The number of nitrogens with two attached hydrogens (primary N) is 1. The van der Waals surface area contributed by atoms with Crippen molar-refractivity contribution in [1.29, 1.82) is 0 Å². The van der Waals surface area contributed by atoms with E-state index in [1.165, 1.54) is 22.9 Å². The molecule has 1 atom stereocenters. The van der Waals surface area contributed by atoms with Crippen molar-refractivity contribution in [2.24, 2.45) is 0 Å². The van der Waals surface area contributed by atoms with E-state index in [4.69, 9.17) is 5.73 Å². The molecule has 0 aliphatic carbocycles. The molecule has 1 aromatic rings. The molecular weight excluding hydrogens is 234 g/mol. The van der Waals surface area contributed by atoms with Crippen molar-refractivity contribution in [1.82, 2.24) is 9.88 Å². The minimum absolute atomic E-state index is 0.107. The number of rotatable bonds is 5. The van der Waals surface area contributed by atoms with Gasteiger partial charge in [-0.05, 0) is 19.4 Å². The third-order valence-electron chi connectivity index (χ3n) is 2.75. The number of hydrogen-bond acceptors (Lipinski definition) is 4. The van der Waals surface area contributed by atoms with Gasteiger partial charge in [0, 0.05) is 24.5 Å². The summed E-state index contributed by atoms with van der Waals surface area (Å²) < 4.78 is 1.23. The molecule has 1 amide bonds. The largest absolute Gasteiger partial charge is 0.398 e. The van der Waals surface area contributed by atoms with Crippen LogP contribution in [0.1, 0.15) is 20.3 Å². The molecular formula is C12H19N3O3. The molecule has 0 aliphatic rings. The fraction of sp³-hybridized carbons (Fsp3) is 0.500. The highest BCUT2D eigenvalue weighted by atomic mass is 16.3. The van der Waals surface area contributed by atoms with Gasteiger partial charge in [-0.3, -0.25) is 9.59 Å². The molecule has 6 heteroatoms. The molecule has 100 valence electrons. The number of pyridine rings is 1. The summed E-state index contributed by atoms with van der Waals surface area (Å²) in [6.45, 7) is 3.51. The minimum atomic E-state index is -0.934. The summed E-state index contributed by atoms with van der Waals surface area (Å²) in [5.74, 6) is -0.337. The molecule has 1 rings (SSSR count). The summed E-state index contributed by atoms with van der Waals surface area (Å²) in [5, 5.41) is 12.3. The van der Waals surface area contributed by atoms with Crippen LogP contribution < -0.4 is 16.6 Å². The number of nitrogen functional groups attached to an aromatic ring is 1. The van der Waals surface area contributed by atoms with Crippen LogP contribution in [0.3, 0.4) is 0 Å². The molecule has 1 aromatic heterocycles. The Kier molecular flexibility index (Phi) is 4.49. The lowest BCUT2D eigenvalue weighted by Gasteiger charge is -2.21. The maximum absolute atomic E-state index is 11.6. The zero-order valence-electron chi connectivity index (χ0n) is 10.6. The molecule has 1 heterocycles. The Balaban J connectivity index is 2.60. The van der Waals surface area contributed by atoms with Gasteiger partial charge in [0.15, 0.2) is 0 Å². The van der Waals surface area contributed by atoms with Crippen molar-refractivity contribution >= 4 is 11.6 Å². The average Bonchev–Trinajstić information content (AvgIpc) is 2.31. The zero-order chi connectivity index (χ0) is 13.8. The minimum Gasteiger partial charge on any atom is -0.398 e. The number of carbonyl (C=O) groups is 1. The number of aliphatic hydroxyl groups is 1. The second-order valence-corrected chi connectivity index (χ2v) is 4.56. The Hall–Kier alpha value is -1.82. The SMILES string of the molecule is CCC(C)(O)CNC(=O)Cn1cc(N)ccc1=O. The maximum atomic E-state index is 11.6. The molecule has 0 aromatic carbocycles. The van der Waals surface area contributed by atoms with Gasteiger partial charge in [-0.15, -0.1) is 0 Å². The molecule has 0 bridgehead atoms. The zero-order valence-corrected chi connectivity index (χ0v) is 10.6. The van der Waals surface area contributed by atoms with Crippen LogP contribution in [0.25, 0.3) is 0 Å². The number of amides is 1. The number of nitrogens with zero attached hydrogens (tertiary/aromatic N) is 1. The first-order valence-corrected chi connectivity index (χ1v) is 5.79. The molecule has 0 saturated heterocycles. The van der Waals surface area contributed by atoms with Crippen LogP contribution >= 0.6 is 0 Å². The number of carbonyl (C=O) groups excluding carboxylic acids is 1. The first-order chi connectivity index (χ1) is 8.34. The molecule has 4 N–H and O–H groups in total. The normalized spacial score (nSPS) is 13.9. The average molecular weight is 253 g/mol. The molecule has 0 fully saturated rings. The summed E-state index contributed by atoms with van der Waals surface area (Å²) in [6.07, 6.45) is 1.95. The lowest BCUT2D eigenvalue weighted by Crippen LogP contribution is -2.42. The van der Waals surface area contributed by atoms with E-state index >= 15 is 0 Å². The molecule has 0 saturated carbocycles. The van der Waals surface area contributed by atoms with Gasteiger partial charge in [0.05, 0.1) is 5.60 Å². The summed E-state index contributed by atoms with van der Waals surface area (Å²) in [6, 6.07) is 2.80. The molecule has 1 unspecified atom stereocenters. The van der Waals surface area contributed by atoms with Crippen LogP contribution in [-0.4, -0.2) is 27.7 Å². The number of anilines is 1. The molecule has 6 nitrogen and oxygen atoms in total. The van der Waals surface area contributed by atoms with Crippen molar-refractivity contribution in [3.63, 3.8) is 0 Å². The topological polar surface area (TPSA) is 97.3 Å². The predicted octanol–water partition coefficient (Wildman–Crippen LogP) is -0.292. The van der Waals surface area contributed by atoms with Gasteiger partial charge in [0.1, 0.15) is 6.54 Å². The van der Waals surface area contributed by atoms with Crippen molar-refractivity contribution in [3.05, 3.63) is 28.7 Å². The summed E-state index contributed by atoms with van der Waals surface area (Å²) in [7, 11) is 0. The Bertz CT molecular complexity index is 480. The predicted molar refractivity (Wildman–Crippen MR) is 69.0 cm³/mol. The smallest absolute Gasteiger partial charge is 0.251 e. The highest BCUT2D eigenvalue weighted by Gasteiger charge is 2.18. The quantitative estimate of drug-likeness (QED) is 0.671. The summed E-state index contributed by atoms with van der Waals surface area (Å²) in [4.78, 5) is 23.1. The van der Waals surface area contributed by atoms with E-state index in [1.807, 2.05) is 6.92 Å². The van der Waals surface area contributed by atoms with Crippen molar-refractivity contribution < 1.29 is 9.90 Å². The van der Waals surface area contributed by atoms with Crippen LogP contribution in [-0.2, 0) is 11.3 Å². The Morgan fingerprint density at radius 3 is 2.83 bits per heavy atom. The number of aromatic nitrogens is 1. The summed E-state index contributed by atoms with van der Waals surface area (Å²) in [5.41, 5.74) is 4.73. The molecule has 0 aliphatic heterocycles. The Morgan fingerprint density at radius 2 is 2.22 bits per heavy atom. The van der Waals surface area contributed by atoms with E-state index in [9.17, 15) is 14.7 Å². The van der Waals surface area contributed by atoms with Gasteiger partial charge >= 0.3 is 0 Å². The van der Waals surface area contributed by atoms with Gasteiger partial charge in [-0.25, -0.2) is 0 Å². The van der Waals surface area contributed by atoms with Gasteiger partial charge in [-0.2, -0.15) is 0 Å². The van der Waals surface area contributed by atoms with E-state index in [0.29, 0.717) is 12.1 Å². The summed E-state index contributed by atoms with van der Waals surface area (Å²) >= 11 is 0. The Morgan fingerprint density at radius 1 is 1.56 bits per heavy atom. The second-order valence-electron chi connectivity index (χ2n) is 4.56. The van der Waals surface area contributed by atoms with E-state index in [1.54, 1.807) is 6.92 Å². The van der Waals surface area contributed by atoms with Gasteiger partial charge in [0.2, 0.25) is 5.91 Å². The third kappa shape index (κ3) is 4.21. The lowest BCUT2D eigenvalue weighted by atomic mass is 10.0. The van der Waals surface area contributed by atoms with Gasteiger partial charge in [-0.1, -0.05) is 6.92 Å². The van der Waals surface area contributed by atoms with E-state index in [2.05, 4.69) is 5.32 Å². The van der Waals surface area contributed by atoms with Crippen LogP contribution in [0.5, 0.6) is 0 Å². The molecule has 0 spiro atoms. The van der Waals surface area contributed by atoms with Crippen molar-refractivity contribution in [2.45, 2.75) is 32.4 Å². The first kappa shape index (κ1) is 14.2. The maximum Gasteiger partial charge on any atom is 0.251 e. The second kappa shape index (κ2) is 5.68. The monoisotopic (exact) mass is 253 g/mol. The van der Waals surface area contributed by atoms with Crippen molar-refractivity contribution in [2.75, 3.05) is 12.3 Å². The van der Waals surface area contributed by atoms with Crippen LogP contribution in [0, 0.1) is 0 Å². The van der Waals surface area contributed by atoms with Crippen LogP contribution in [0.15, 0.2) is 23.1 Å². The standard InChI is InChI=1S/C12H19N3O3/c1-3-12(2,18)8-14-10(16)7-15-6-9(13)4-5-11(15)17/h4-6,18H,3,7-8,13H2,1-2H3,(H,14,16). The number of hydrogen-bond donors (Lipinski definition) is 3. The fourth-order valence-electron chi connectivity index (χ4n) is 1.30. The fourth-order valence-corrected chi connectivity index (χ4v) is 1.30. The molecule has 18 heavy (non-hydrogen) atoms. The van der Waals surface area contributed by atoms with Crippen molar-refractivity contribution in [3.8, 4) is 0 Å². The Labute approximate surface area is 105 Å². The van der Waals surface area contributed by atoms with E-state index < -0.39 is 5.60 Å². The number of nitrogens with one attached hydrogen (secondary N) is 1.